The van der Waals surface area contributed by atoms with Crippen molar-refractivity contribution in [2.45, 2.75) is 57.1 Å². The molecule has 1 saturated carbocycles. The lowest BCUT2D eigenvalue weighted by Gasteiger charge is -2.23. The van der Waals surface area contributed by atoms with E-state index in [0.717, 1.165) is 44.3 Å². The van der Waals surface area contributed by atoms with Gasteiger partial charge in [0.05, 0.1) is 12.4 Å². The Hall–Kier alpha value is -3.15. The number of amides is 1. The zero-order valence-corrected chi connectivity index (χ0v) is 15.8. The summed E-state index contributed by atoms with van der Waals surface area (Å²) in [5.41, 5.74) is 1.28. The number of ether oxygens (including phenoxy) is 1. The molecule has 1 aliphatic carbocycles. The third kappa shape index (κ3) is 3.91. The van der Waals surface area contributed by atoms with Gasteiger partial charge in [0, 0.05) is 30.3 Å². The Balaban J connectivity index is 1.32. The fraction of sp³-hybridized carbons (Fsp3) is 0.526. The molecule has 9 nitrogen and oxygen atoms in total. The maximum absolute atomic E-state index is 12.3. The summed E-state index contributed by atoms with van der Waals surface area (Å²) in [5.74, 6) is 1.44. The third-order valence-corrected chi connectivity index (χ3v) is 5.50. The Morgan fingerprint density at radius 3 is 2.93 bits per heavy atom. The van der Waals surface area contributed by atoms with Crippen LogP contribution in [0, 0.1) is 11.3 Å². The van der Waals surface area contributed by atoms with E-state index < -0.39 is 0 Å². The molecule has 2 N–H and O–H groups in total. The summed E-state index contributed by atoms with van der Waals surface area (Å²) in [6.07, 6.45) is 7.40. The van der Waals surface area contributed by atoms with Crippen molar-refractivity contribution in [2.75, 3.05) is 11.9 Å². The minimum atomic E-state index is -0.179. The molecule has 2 aromatic heterocycles. The second-order valence-electron chi connectivity index (χ2n) is 7.43. The topological polar surface area (TPSA) is 120 Å². The van der Waals surface area contributed by atoms with Crippen LogP contribution in [-0.2, 0) is 4.74 Å². The number of hydrogen-bond acceptors (Lipinski definition) is 7. The van der Waals surface area contributed by atoms with Gasteiger partial charge in [-0.05, 0) is 39.0 Å². The van der Waals surface area contributed by atoms with Gasteiger partial charge < -0.3 is 15.0 Å². The van der Waals surface area contributed by atoms with E-state index >= 15 is 0 Å². The molecule has 1 saturated heterocycles. The molecule has 146 valence electrons. The maximum Gasteiger partial charge on any atom is 0.410 e. The number of rotatable bonds is 4. The predicted molar refractivity (Wildman–Crippen MR) is 101 cm³/mol. The van der Waals surface area contributed by atoms with E-state index in [4.69, 9.17) is 10.00 Å². The van der Waals surface area contributed by atoms with Crippen molar-refractivity contribution in [3.63, 3.8) is 0 Å². The number of likely N-dealkylation sites (tertiary alicyclic amines) is 1. The summed E-state index contributed by atoms with van der Waals surface area (Å²) in [6, 6.07) is 4.15. The van der Waals surface area contributed by atoms with Gasteiger partial charge in [0.1, 0.15) is 18.0 Å². The van der Waals surface area contributed by atoms with Crippen molar-refractivity contribution < 1.29 is 9.53 Å². The van der Waals surface area contributed by atoms with Crippen molar-refractivity contribution in [3.8, 4) is 6.07 Å². The molecule has 4 rings (SSSR count). The molecular weight excluding hydrogens is 358 g/mol. The van der Waals surface area contributed by atoms with Crippen molar-refractivity contribution in [2.24, 2.45) is 0 Å². The number of nitrogens with one attached hydrogen (secondary N) is 2. The highest BCUT2D eigenvalue weighted by Gasteiger charge is 2.33. The first-order chi connectivity index (χ1) is 13.6. The van der Waals surface area contributed by atoms with E-state index in [1.807, 2.05) is 17.0 Å². The quantitative estimate of drug-likeness (QED) is 0.835. The van der Waals surface area contributed by atoms with Crippen molar-refractivity contribution in [1.29, 1.82) is 5.26 Å². The number of carbonyl (C=O) groups is 1. The molecule has 1 amide bonds. The molecule has 1 unspecified atom stereocenters. The molecule has 3 atom stereocenters. The largest absolute Gasteiger partial charge is 0.446 e. The zero-order chi connectivity index (χ0) is 19.5. The summed E-state index contributed by atoms with van der Waals surface area (Å²) in [4.78, 5) is 22.3. The van der Waals surface area contributed by atoms with Gasteiger partial charge in [0.15, 0.2) is 11.5 Å². The first kappa shape index (κ1) is 18.2. The fourth-order valence-corrected chi connectivity index (χ4v) is 3.94. The lowest BCUT2D eigenvalue weighted by atomic mass is 10.0. The monoisotopic (exact) mass is 381 g/mol. The van der Waals surface area contributed by atoms with Crippen LogP contribution in [-0.4, -0.2) is 49.8 Å². The molecule has 0 aromatic carbocycles. The van der Waals surface area contributed by atoms with Gasteiger partial charge in [0.25, 0.3) is 0 Å². The van der Waals surface area contributed by atoms with Crippen LogP contribution in [0.1, 0.15) is 56.3 Å². The number of aromatic nitrogens is 4. The van der Waals surface area contributed by atoms with E-state index in [-0.39, 0.29) is 29.9 Å². The number of carbonyl (C=O) groups excluding carboxylic acids is 1. The number of H-pyrrole nitrogens is 1. The second kappa shape index (κ2) is 7.84. The molecular formula is C19H23N7O2. The van der Waals surface area contributed by atoms with E-state index in [1.165, 1.54) is 12.4 Å². The van der Waals surface area contributed by atoms with E-state index in [2.05, 4.69) is 32.4 Å². The Kier molecular flexibility index (Phi) is 5.10. The van der Waals surface area contributed by atoms with Gasteiger partial charge in [-0.15, -0.1) is 0 Å². The minimum absolute atomic E-state index is 0.0469. The van der Waals surface area contributed by atoms with Crippen LogP contribution in [0.2, 0.25) is 0 Å². The van der Waals surface area contributed by atoms with Gasteiger partial charge in [-0.25, -0.2) is 14.8 Å². The lowest BCUT2D eigenvalue weighted by molar-refractivity contribution is 0.0633. The standard InChI is InChI=1S/C19H23N7O2/c1-12-3-2-6-26(12)19(27)28-15-5-4-13(7-15)16-8-17(25-24-16)23-18-11-21-14(9-20)10-22-18/h8,10-13,15H,2-7H2,1H3,(H2,22,23,24,25)/t12?,13-,15+/m0/s1. The fourth-order valence-electron chi connectivity index (χ4n) is 3.94. The molecule has 3 heterocycles. The Bertz CT molecular complexity index is 873. The van der Waals surface area contributed by atoms with Gasteiger partial charge in [-0.3, -0.25) is 5.10 Å². The average molecular weight is 381 g/mol. The molecule has 0 bridgehead atoms. The van der Waals surface area contributed by atoms with Crippen LogP contribution >= 0.6 is 0 Å². The SMILES string of the molecule is CC1CCCN1C(=O)O[C@@H]1CC[C@H](c2cc(Nc3cnc(C#N)cn3)n[nH]2)C1. The molecule has 2 aliphatic rings. The predicted octanol–water partition coefficient (Wildman–Crippen LogP) is 3.07. The number of nitriles is 1. The molecule has 2 fully saturated rings. The van der Waals surface area contributed by atoms with Gasteiger partial charge in [0.2, 0.25) is 0 Å². The zero-order valence-electron chi connectivity index (χ0n) is 15.8. The van der Waals surface area contributed by atoms with Crippen molar-refractivity contribution in [1.82, 2.24) is 25.1 Å². The summed E-state index contributed by atoms with van der Waals surface area (Å²) in [7, 11) is 0. The van der Waals surface area contributed by atoms with Crippen LogP contribution in [0.5, 0.6) is 0 Å². The molecule has 0 radical (unpaired) electrons. The minimum Gasteiger partial charge on any atom is -0.446 e. The summed E-state index contributed by atoms with van der Waals surface area (Å²) >= 11 is 0. The third-order valence-electron chi connectivity index (χ3n) is 5.50. The van der Waals surface area contributed by atoms with Crippen LogP contribution < -0.4 is 5.32 Å². The highest BCUT2D eigenvalue weighted by molar-refractivity contribution is 5.68. The molecule has 28 heavy (non-hydrogen) atoms. The first-order valence-electron chi connectivity index (χ1n) is 9.64. The van der Waals surface area contributed by atoms with Crippen LogP contribution in [0.25, 0.3) is 0 Å². The van der Waals surface area contributed by atoms with E-state index in [9.17, 15) is 4.79 Å². The second-order valence-corrected chi connectivity index (χ2v) is 7.43. The summed E-state index contributed by atoms with van der Waals surface area (Å²) in [6.45, 7) is 2.87. The van der Waals surface area contributed by atoms with Gasteiger partial charge in [-0.2, -0.15) is 10.4 Å². The van der Waals surface area contributed by atoms with Gasteiger partial charge in [-0.1, -0.05) is 0 Å². The first-order valence-corrected chi connectivity index (χ1v) is 9.64. The number of nitrogens with zero attached hydrogens (tertiary/aromatic N) is 5. The maximum atomic E-state index is 12.3. The van der Waals surface area contributed by atoms with Crippen molar-refractivity contribution >= 4 is 17.7 Å². The number of aromatic amines is 1. The highest BCUT2D eigenvalue weighted by Crippen LogP contribution is 2.36. The Morgan fingerprint density at radius 2 is 2.21 bits per heavy atom. The number of anilines is 2. The van der Waals surface area contributed by atoms with E-state index in [0.29, 0.717) is 11.6 Å². The van der Waals surface area contributed by atoms with Crippen molar-refractivity contribution in [3.05, 3.63) is 29.8 Å². The molecule has 2 aromatic rings. The highest BCUT2D eigenvalue weighted by atomic mass is 16.6. The Labute approximate surface area is 163 Å². The summed E-state index contributed by atoms with van der Waals surface area (Å²) in [5, 5.41) is 19.2. The van der Waals surface area contributed by atoms with Gasteiger partial charge >= 0.3 is 6.09 Å². The average Bonchev–Trinajstić information content (AvgIpc) is 3.43. The Morgan fingerprint density at radius 1 is 1.32 bits per heavy atom. The molecule has 0 spiro atoms. The van der Waals surface area contributed by atoms with Crippen LogP contribution in [0.15, 0.2) is 18.5 Å². The smallest absolute Gasteiger partial charge is 0.410 e. The van der Waals surface area contributed by atoms with E-state index in [1.54, 1.807) is 0 Å². The molecule has 9 heteroatoms. The number of hydrogen-bond donors (Lipinski definition) is 2. The normalized spacial score (nSPS) is 24.1. The summed E-state index contributed by atoms with van der Waals surface area (Å²) < 4.78 is 5.73. The molecule has 1 aliphatic heterocycles. The lowest BCUT2D eigenvalue weighted by Crippen LogP contribution is -2.36. The van der Waals surface area contributed by atoms with Crippen LogP contribution in [0.3, 0.4) is 0 Å². The van der Waals surface area contributed by atoms with Crippen LogP contribution in [0.4, 0.5) is 16.4 Å².